The predicted octanol–water partition coefficient (Wildman–Crippen LogP) is 3.46. The summed E-state index contributed by atoms with van der Waals surface area (Å²) in [6, 6.07) is 4.96. The first-order chi connectivity index (χ1) is 11.8. The molecule has 0 unspecified atom stereocenters. The van der Waals surface area contributed by atoms with Crippen LogP contribution in [0.2, 0.25) is 0 Å². The number of carbonyl (C=O) groups is 1. The third-order valence-electron chi connectivity index (χ3n) is 5.10. The van der Waals surface area contributed by atoms with Gasteiger partial charge < -0.3 is 4.90 Å². The Bertz CT molecular complexity index is 815. The molecule has 0 spiro atoms. The number of hydrogen-bond acceptors (Lipinski definition) is 3. The highest BCUT2D eigenvalue weighted by Gasteiger charge is 2.32. The van der Waals surface area contributed by atoms with Gasteiger partial charge in [-0.05, 0) is 44.9 Å². The van der Waals surface area contributed by atoms with E-state index in [0.29, 0.717) is 11.1 Å². The number of fused-ring (bicyclic) bond motifs is 1. The molecule has 1 aliphatic carbocycles. The van der Waals surface area contributed by atoms with E-state index in [0.717, 1.165) is 36.9 Å². The number of allylic oxidation sites excluding steroid dienone is 1. The number of amides is 1. The molecular weight excluding hydrogens is 336 g/mol. The van der Waals surface area contributed by atoms with Crippen LogP contribution in [0.1, 0.15) is 57.9 Å². The number of hydrogen-bond donors (Lipinski definition) is 1. The summed E-state index contributed by atoms with van der Waals surface area (Å²) in [6.45, 7) is 3.75. The van der Waals surface area contributed by atoms with Crippen LogP contribution in [0, 0.1) is 0 Å². The lowest BCUT2D eigenvalue weighted by Crippen LogP contribution is -2.34. The highest BCUT2D eigenvalue weighted by atomic mass is 32.2. The van der Waals surface area contributed by atoms with Crippen LogP contribution >= 0.6 is 0 Å². The molecule has 1 fully saturated rings. The molecule has 0 radical (unpaired) electrons. The lowest BCUT2D eigenvalue weighted by atomic mass is 10.0. The zero-order valence-corrected chi connectivity index (χ0v) is 15.9. The van der Waals surface area contributed by atoms with E-state index in [4.69, 9.17) is 0 Å². The van der Waals surface area contributed by atoms with Crippen LogP contribution in [-0.4, -0.2) is 27.4 Å². The lowest BCUT2D eigenvalue weighted by Gasteiger charge is -2.17. The topological polar surface area (TPSA) is 66.5 Å². The maximum absolute atomic E-state index is 12.8. The van der Waals surface area contributed by atoms with E-state index in [2.05, 4.69) is 4.72 Å². The maximum Gasteiger partial charge on any atom is 0.258 e. The van der Waals surface area contributed by atoms with Crippen LogP contribution in [0.15, 0.2) is 28.7 Å². The molecule has 136 valence electrons. The Balaban J connectivity index is 1.94. The van der Waals surface area contributed by atoms with Crippen molar-refractivity contribution in [3.63, 3.8) is 0 Å². The third kappa shape index (κ3) is 3.51. The average Bonchev–Trinajstić information content (AvgIpc) is 2.71. The zero-order valence-electron chi connectivity index (χ0n) is 15.1. The van der Waals surface area contributed by atoms with Gasteiger partial charge in [0.25, 0.3) is 5.91 Å². The van der Waals surface area contributed by atoms with Crippen LogP contribution in [0.4, 0.5) is 5.69 Å². The summed E-state index contributed by atoms with van der Waals surface area (Å²) in [4.78, 5) is 14.2. The zero-order chi connectivity index (χ0) is 18.2. The first-order valence-electron chi connectivity index (χ1n) is 8.93. The van der Waals surface area contributed by atoms with Crippen molar-refractivity contribution in [3.05, 3.63) is 29.3 Å². The fourth-order valence-corrected chi connectivity index (χ4v) is 5.07. The van der Waals surface area contributed by atoms with Crippen molar-refractivity contribution in [2.45, 2.75) is 63.3 Å². The summed E-state index contributed by atoms with van der Waals surface area (Å²) in [7, 11) is -1.87. The van der Waals surface area contributed by atoms with Crippen LogP contribution in [0.5, 0.6) is 0 Å². The summed E-state index contributed by atoms with van der Waals surface area (Å²) >= 11 is 0. The van der Waals surface area contributed by atoms with Gasteiger partial charge >= 0.3 is 0 Å². The molecule has 0 atom stereocenters. The molecule has 1 N–H and O–H groups in total. The molecule has 1 aliphatic heterocycles. The first-order valence-corrected chi connectivity index (χ1v) is 10.4. The molecule has 1 aromatic carbocycles. The standard InChI is InChI=1S/C19H26N2O3S/c1-13(2)18-16-12-15(10-11-17(16)21(3)19(18)22)25(23,24)20-14-8-6-4-5-7-9-14/h10-12,14,20H,4-9H2,1-3H3. The van der Waals surface area contributed by atoms with E-state index in [1.807, 2.05) is 13.8 Å². The van der Waals surface area contributed by atoms with Crippen molar-refractivity contribution in [1.82, 2.24) is 4.72 Å². The number of rotatable bonds is 3. The second-order valence-electron chi connectivity index (χ2n) is 7.23. The van der Waals surface area contributed by atoms with Gasteiger partial charge in [-0.1, -0.05) is 31.3 Å². The van der Waals surface area contributed by atoms with Crippen molar-refractivity contribution in [2.75, 3.05) is 11.9 Å². The van der Waals surface area contributed by atoms with Crippen molar-refractivity contribution >= 4 is 27.2 Å². The van der Waals surface area contributed by atoms with Gasteiger partial charge in [0.1, 0.15) is 0 Å². The first kappa shape index (κ1) is 18.1. The minimum atomic E-state index is -3.58. The number of nitrogens with one attached hydrogen (secondary N) is 1. The highest BCUT2D eigenvalue weighted by Crippen LogP contribution is 2.38. The number of likely N-dealkylation sites (N-methyl/N-ethyl adjacent to an activating group) is 1. The van der Waals surface area contributed by atoms with Gasteiger partial charge in [0.05, 0.1) is 10.6 Å². The molecule has 0 saturated heterocycles. The Labute approximate surface area is 150 Å². The number of carbonyl (C=O) groups excluding carboxylic acids is 1. The van der Waals surface area contributed by atoms with Crippen molar-refractivity contribution in [3.8, 4) is 0 Å². The van der Waals surface area contributed by atoms with Crippen LogP contribution in [0.3, 0.4) is 0 Å². The molecule has 1 saturated carbocycles. The number of nitrogens with zero attached hydrogens (tertiary/aromatic N) is 1. The molecular formula is C19H26N2O3S. The van der Waals surface area contributed by atoms with Gasteiger partial charge in [-0.3, -0.25) is 4.79 Å². The quantitative estimate of drug-likeness (QED) is 0.661. The molecule has 5 nitrogen and oxygen atoms in total. The Morgan fingerprint density at radius 3 is 2.36 bits per heavy atom. The molecule has 0 aromatic heterocycles. The molecule has 1 aromatic rings. The second kappa shape index (κ2) is 6.92. The molecule has 6 heteroatoms. The highest BCUT2D eigenvalue weighted by molar-refractivity contribution is 7.89. The van der Waals surface area contributed by atoms with Crippen LogP contribution in [0.25, 0.3) is 5.57 Å². The fraction of sp³-hybridized carbons (Fsp3) is 0.526. The second-order valence-corrected chi connectivity index (χ2v) is 8.94. The number of sulfonamides is 1. The van der Waals surface area contributed by atoms with E-state index in [1.165, 1.54) is 12.8 Å². The van der Waals surface area contributed by atoms with Gasteiger partial charge in [-0.15, -0.1) is 0 Å². The van der Waals surface area contributed by atoms with Gasteiger partial charge in [0.15, 0.2) is 0 Å². The van der Waals surface area contributed by atoms with Gasteiger partial charge in [-0.2, -0.15) is 0 Å². The summed E-state index contributed by atoms with van der Waals surface area (Å²) in [5, 5.41) is 0. The predicted molar refractivity (Wildman–Crippen MR) is 99.9 cm³/mol. The minimum absolute atomic E-state index is 0.00739. The molecule has 1 heterocycles. The minimum Gasteiger partial charge on any atom is -0.311 e. The van der Waals surface area contributed by atoms with Gasteiger partial charge in [0, 0.05) is 24.2 Å². The van der Waals surface area contributed by atoms with Crippen molar-refractivity contribution in [1.29, 1.82) is 0 Å². The third-order valence-corrected chi connectivity index (χ3v) is 6.62. The molecule has 2 aliphatic rings. The van der Waals surface area contributed by atoms with Gasteiger partial charge in [0.2, 0.25) is 10.0 Å². The largest absolute Gasteiger partial charge is 0.311 e. The van der Waals surface area contributed by atoms with Crippen LogP contribution in [-0.2, 0) is 14.8 Å². The van der Waals surface area contributed by atoms with E-state index in [-0.39, 0.29) is 16.8 Å². The summed E-state index contributed by atoms with van der Waals surface area (Å²) < 4.78 is 28.5. The Kier molecular flexibility index (Phi) is 5.02. The SMILES string of the molecule is CC(C)=C1C(=O)N(C)c2ccc(S(=O)(=O)NC3CCCCCC3)cc21. The lowest BCUT2D eigenvalue weighted by molar-refractivity contribution is -0.112. The fourth-order valence-electron chi connectivity index (χ4n) is 3.74. The Hall–Kier alpha value is -1.66. The monoisotopic (exact) mass is 362 g/mol. The number of anilines is 1. The molecule has 3 rings (SSSR count). The van der Waals surface area contributed by atoms with E-state index >= 15 is 0 Å². The normalized spacial score (nSPS) is 19.1. The summed E-state index contributed by atoms with van der Waals surface area (Å²) in [6.07, 6.45) is 6.28. The molecule has 0 bridgehead atoms. The summed E-state index contributed by atoms with van der Waals surface area (Å²) in [5.74, 6) is -0.0822. The average molecular weight is 362 g/mol. The number of benzene rings is 1. The van der Waals surface area contributed by atoms with Crippen LogP contribution < -0.4 is 9.62 Å². The summed E-state index contributed by atoms with van der Waals surface area (Å²) in [5.41, 5.74) is 2.96. The van der Waals surface area contributed by atoms with Crippen molar-refractivity contribution < 1.29 is 13.2 Å². The molecule has 25 heavy (non-hydrogen) atoms. The van der Waals surface area contributed by atoms with E-state index in [1.54, 1.807) is 30.1 Å². The Morgan fingerprint density at radius 1 is 1.12 bits per heavy atom. The van der Waals surface area contributed by atoms with Gasteiger partial charge in [-0.25, -0.2) is 13.1 Å². The smallest absolute Gasteiger partial charge is 0.258 e. The Morgan fingerprint density at radius 2 is 1.76 bits per heavy atom. The molecule has 1 amide bonds. The van der Waals surface area contributed by atoms with E-state index < -0.39 is 10.0 Å². The maximum atomic E-state index is 12.8. The van der Waals surface area contributed by atoms with E-state index in [9.17, 15) is 13.2 Å². The van der Waals surface area contributed by atoms with Crippen molar-refractivity contribution in [2.24, 2.45) is 0 Å².